The molecule has 5 heteroatoms. The molecule has 0 spiro atoms. The lowest BCUT2D eigenvalue weighted by Gasteiger charge is -2.23. The number of aromatic nitrogens is 2. The fourth-order valence-electron chi connectivity index (χ4n) is 2.32. The molecule has 1 atom stereocenters. The summed E-state index contributed by atoms with van der Waals surface area (Å²) >= 11 is 0. The van der Waals surface area contributed by atoms with Gasteiger partial charge in [0.15, 0.2) is 0 Å². The summed E-state index contributed by atoms with van der Waals surface area (Å²) in [6, 6.07) is 0. The molecule has 5 nitrogen and oxygen atoms in total. The van der Waals surface area contributed by atoms with Gasteiger partial charge in [-0.2, -0.15) is 0 Å². The second-order valence-corrected chi connectivity index (χ2v) is 4.81. The monoisotopic (exact) mass is 265 g/mol. The molecule has 1 aromatic rings. The van der Waals surface area contributed by atoms with Crippen LogP contribution >= 0.6 is 0 Å². The quantitative estimate of drug-likeness (QED) is 0.856. The normalized spacial score (nSPS) is 19.2. The lowest BCUT2D eigenvalue weighted by Crippen LogP contribution is -2.26. The number of rotatable bonds is 6. The van der Waals surface area contributed by atoms with Crippen molar-refractivity contribution < 1.29 is 9.47 Å². The highest BCUT2D eigenvalue weighted by molar-refractivity contribution is 5.48. The van der Waals surface area contributed by atoms with Gasteiger partial charge in [0.2, 0.25) is 5.88 Å². The van der Waals surface area contributed by atoms with Crippen LogP contribution in [0.4, 0.5) is 5.82 Å². The van der Waals surface area contributed by atoms with Gasteiger partial charge in [-0.15, -0.1) is 0 Å². The molecule has 1 saturated heterocycles. The van der Waals surface area contributed by atoms with E-state index in [1.807, 2.05) is 7.05 Å². The molecular weight excluding hydrogens is 242 g/mol. The van der Waals surface area contributed by atoms with Crippen LogP contribution in [0.3, 0.4) is 0 Å². The summed E-state index contributed by atoms with van der Waals surface area (Å²) < 4.78 is 11.5. The predicted molar refractivity (Wildman–Crippen MR) is 74.7 cm³/mol. The first kappa shape index (κ1) is 14.1. The Bertz CT molecular complexity index is 392. The van der Waals surface area contributed by atoms with Crippen molar-refractivity contribution in [3.05, 3.63) is 11.9 Å². The van der Waals surface area contributed by atoms with E-state index >= 15 is 0 Å². The van der Waals surface area contributed by atoms with Gasteiger partial charge in [-0.1, -0.05) is 13.3 Å². The minimum absolute atomic E-state index is 0.205. The number of nitrogens with one attached hydrogen (secondary N) is 1. The molecule has 1 aromatic heterocycles. The Morgan fingerprint density at radius 3 is 3.00 bits per heavy atom. The molecule has 2 heterocycles. The topological polar surface area (TPSA) is 56.3 Å². The number of hydrogen-bond acceptors (Lipinski definition) is 5. The van der Waals surface area contributed by atoms with Gasteiger partial charge in [-0.3, -0.25) is 0 Å². The Morgan fingerprint density at radius 2 is 2.32 bits per heavy atom. The first-order valence-electron chi connectivity index (χ1n) is 7.11. The smallest absolute Gasteiger partial charge is 0.221 e. The van der Waals surface area contributed by atoms with E-state index in [1.54, 1.807) is 6.33 Å². The first-order chi connectivity index (χ1) is 9.35. The maximum absolute atomic E-state index is 5.86. The highest BCUT2D eigenvalue weighted by atomic mass is 16.5. The van der Waals surface area contributed by atoms with Crippen molar-refractivity contribution in [1.29, 1.82) is 0 Å². The molecule has 1 aliphatic heterocycles. The van der Waals surface area contributed by atoms with Crippen LogP contribution in [0.1, 0.15) is 38.2 Å². The van der Waals surface area contributed by atoms with E-state index in [4.69, 9.17) is 9.47 Å². The van der Waals surface area contributed by atoms with E-state index in [-0.39, 0.29) is 6.10 Å². The van der Waals surface area contributed by atoms with Crippen LogP contribution in [0.2, 0.25) is 0 Å². The highest BCUT2D eigenvalue weighted by Crippen LogP contribution is 2.24. The van der Waals surface area contributed by atoms with E-state index in [2.05, 4.69) is 22.2 Å². The van der Waals surface area contributed by atoms with Crippen molar-refractivity contribution in [2.24, 2.45) is 0 Å². The van der Waals surface area contributed by atoms with Crippen LogP contribution in [0.15, 0.2) is 6.33 Å². The fourth-order valence-corrected chi connectivity index (χ4v) is 2.32. The van der Waals surface area contributed by atoms with Crippen molar-refractivity contribution in [3.63, 3.8) is 0 Å². The van der Waals surface area contributed by atoms with Gasteiger partial charge in [-0.25, -0.2) is 9.97 Å². The predicted octanol–water partition coefficient (Wildman–Crippen LogP) is 2.42. The van der Waals surface area contributed by atoms with E-state index in [0.29, 0.717) is 12.5 Å². The number of ether oxygens (including phenoxy) is 2. The summed E-state index contributed by atoms with van der Waals surface area (Å²) in [5.41, 5.74) is 1.06. The molecule has 19 heavy (non-hydrogen) atoms. The summed E-state index contributed by atoms with van der Waals surface area (Å²) in [6.07, 6.45) is 7.16. The molecule has 0 bridgehead atoms. The van der Waals surface area contributed by atoms with Crippen LogP contribution in [-0.2, 0) is 11.2 Å². The molecular formula is C14H23N3O2. The molecule has 1 aliphatic rings. The molecule has 0 aromatic carbocycles. The molecule has 0 aliphatic carbocycles. The summed E-state index contributed by atoms with van der Waals surface area (Å²) in [6.45, 7) is 3.57. The van der Waals surface area contributed by atoms with Crippen molar-refractivity contribution in [2.75, 3.05) is 25.6 Å². The fraction of sp³-hybridized carbons (Fsp3) is 0.714. The maximum Gasteiger partial charge on any atom is 0.221 e. The van der Waals surface area contributed by atoms with Gasteiger partial charge >= 0.3 is 0 Å². The minimum atomic E-state index is 0.205. The Morgan fingerprint density at radius 1 is 1.42 bits per heavy atom. The van der Waals surface area contributed by atoms with E-state index in [0.717, 1.165) is 43.7 Å². The molecule has 1 N–H and O–H groups in total. The minimum Gasteiger partial charge on any atom is -0.475 e. The average molecular weight is 265 g/mol. The van der Waals surface area contributed by atoms with Crippen LogP contribution in [-0.4, -0.2) is 36.3 Å². The van der Waals surface area contributed by atoms with Crippen molar-refractivity contribution in [2.45, 2.75) is 45.1 Å². The van der Waals surface area contributed by atoms with Crippen LogP contribution < -0.4 is 10.1 Å². The number of nitrogens with zero attached hydrogens (tertiary/aromatic N) is 2. The Balaban J connectivity index is 2.01. The first-order valence-corrected chi connectivity index (χ1v) is 7.11. The Labute approximate surface area is 114 Å². The van der Waals surface area contributed by atoms with Gasteiger partial charge in [0.05, 0.1) is 11.7 Å². The third-order valence-corrected chi connectivity index (χ3v) is 3.32. The third kappa shape index (κ3) is 3.80. The third-order valence-electron chi connectivity index (χ3n) is 3.32. The van der Waals surface area contributed by atoms with Crippen LogP contribution in [0.25, 0.3) is 0 Å². The van der Waals surface area contributed by atoms with Gasteiger partial charge < -0.3 is 14.8 Å². The van der Waals surface area contributed by atoms with Crippen molar-refractivity contribution in [1.82, 2.24) is 9.97 Å². The largest absolute Gasteiger partial charge is 0.475 e. The van der Waals surface area contributed by atoms with E-state index < -0.39 is 0 Å². The molecule has 1 unspecified atom stereocenters. The van der Waals surface area contributed by atoms with Crippen LogP contribution in [0.5, 0.6) is 5.88 Å². The summed E-state index contributed by atoms with van der Waals surface area (Å²) in [5.74, 6) is 1.55. The van der Waals surface area contributed by atoms with E-state index in [9.17, 15) is 0 Å². The number of hydrogen-bond donors (Lipinski definition) is 1. The zero-order valence-corrected chi connectivity index (χ0v) is 11.8. The average Bonchev–Trinajstić information content (AvgIpc) is 2.47. The zero-order valence-electron chi connectivity index (χ0n) is 11.8. The highest BCUT2D eigenvalue weighted by Gasteiger charge is 2.17. The van der Waals surface area contributed by atoms with Gasteiger partial charge in [0.1, 0.15) is 18.8 Å². The SMILES string of the molecule is CCCc1c(NC)ncnc1OCC1CCCCO1. The second kappa shape index (κ2) is 7.28. The molecule has 106 valence electrons. The standard InChI is InChI=1S/C14H23N3O2/c1-3-6-12-13(15-2)16-10-17-14(12)19-9-11-7-4-5-8-18-11/h10-11H,3-9H2,1-2H3,(H,15,16,17). The van der Waals surface area contributed by atoms with Gasteiger partial charge in [0, 0.05) is 13.7 Å². The molecule has 1 fully saturated rings. The molecule has 0 saturated carbocycles. The lowest BCUT2D eigenvalue weighted by molar-refractivity contribution is -0.0121. The number of anilines is 1. The Kier molecular flexibility index (Phi) is 5.39. The molecule has 2 rings (SSSR count). The second-order valence-electron chi connectivity index (χ2n) is 4.81. The summed E-state index contributed by atoms with van der Waals surface area (Å²) in [5, 5.41) is 3.10. The van der Waals surface area contributed by atoms with Crippen molar-refractivity contribution in [3.8, 4) is 5.88 Å². The van der Waals surface area contributed by atoms with Crippen molar-refractivity contribution >= 4 is 5.82 Å². The molecule has 0 radical (unpaired) electrons. The van der Waals surface area contributed by atoms with E-state index in [1.165, 1.54) is 6.42 Å². The summed E-state index contributed by atoms with van der Waals surface area (Å²) in [4.78, 5) is 8.50. The zero-order chi connectivity index (χ0) is 13.5. The van der Waals surface area contributed by atoms with Crippen LogP contribution in [0, 0.1) is 0 Å². The Hall–Kier alpha value is -1.36. The maximum atomic E-state index is 5.86. The lowest BCUT2D eigenvalue weighted by atomic mass is 10.1. The summed E-state index contributed by atoms with van der Waals surface area (Å²) in [7, 11) is 1.87. The molecule has 0 amide bonds. The van der Waals surface area contributed by atoms with Gasteiger partial charge in [0.25, 0.3) is 0 Å². The van der Waals surface area contributed by atoms with Gasteiger partial charge in [-0.05, 0) is 25.7 Å².